The zero-order chi connectivity index (χ0) is 18.2. The van der Waals surface area contributed by atoms with Crippen LogP contribution in [0.15, 0.2) is 36.7 Å². The zero-order valence-electron chi connectivity index (χ0n) is 15.7. The van der Waals surface area contributed by atoms with Crippen LogP contribution in [-0.2, 0) is 0 Å². The van der Waals surface area contributed by atoms with E-state index in [4.69, 9.17) is 10.7 Å². The maximum Gasteiger partial charge on any atom is 0.150 e. The molecule has 1 aromatic carbocycles. The summed E-state index contributed by atoms with van der Waals surface area (Å²) in [5, 5.41) is 1.47. The van der Waals surface area contributed by atoms with Crippen LogP contribution in [0, 0.1) is 0 Å². The van der Waals surface area contributed by atoms with Gasteiger partial charge < -0.3 is 5.73 Å². The molecule has 2 aliphatic rings. The SMILES string of the molecule is Nc1nccn2c(C3CCC3)nc(-c3ccc(PC4CCCCC4)cc3)c12. The molecule has 0 bridgehead atoms. The predicted molar refractivity (Wildman–Crippen MR) is 114 cm³/mol. The van der Waals surface area contributed by atoms with Crippen molar-refractivity contribution in [2.24, 2.45) is 0 Å². The number of anilines is 1. The van der Waals surface area contributed by atoms with Crippen LogP contribution >= 0.6 is 8.58 Å². The minimum atomic E-state index is 0.556. The van der Waals surface area contributed by atoms with Gasteiger partial charge in [-0.05, 0) is 36.6 Å². The Morgan fingerprint density at radius 2 is 1.74 bits per heavy atom. The van der Waals surface area contributed by atoms with Crippen molar-refractivity contribution >= 4 is 25.2 Å². The molecule has 2 fully saturated rings. The van der Waals surface area contributed by atoms with Crippen molar-refractivity contribution in [1.82, 2.24) is 14.4 Å². The fraction of sp³-hybridized carbons (Fsp3) is 0.455. The van der Waals surface area contributed by atoms with Gasteiger partial charge in [0.15, 0.2) is 0 Å². The molecular formula is C22H27N4P. The minimum absolute atomic E-state index is 0.556. The summed E-state index contributed by atoms with van der Waals surface area (Å²) in [4.78, 5) is 9.36. The molecule has 1 unspecified atom stereocenters. The third kappa shape index (κ3) is 3.25. The zero-order valence-corrected chi connectivity index (χ0v) is 16.7. The van der Waals surface area contributed by atoms with Crippen molar-refractivity contribution in [2.75, 3.05) is 5.73 Å². The second-order valence-corrected chi connectivity index (χ2v) is 9.72. The Morgan fingerprint density at radius 3 is 2.44 bits per heavy atom. The molecule has 0 spiro atoms. The van der Waals surface area contributed by atoms with E-state index in [1.54, 1.807) is 6.20 Å². The van der Waals surface area contributed by atoms with E-state index >= 15 is 0 Å². The van der Waals surface area contributed by atoms with Gasteiger partial charge in [-0.3, -0.25) is 4.40 Å². The van der Waals surface area contributed by atoms with E-state index in [2.05, 4.69) is 33.7 Å². The molecule has 3 aromatic rings. The lowest BCUT2D eigenvalue weighted by Crippen LogP contribution is -2.12. The molecular weight excluding hydrogens is 351 g/mol. The Labute approximate surface area is 162 Å². The van der Waals surface area contributed by atoms with Gasteiger partial charge in [0.2, 0.25) is 0 Å². The third-order valence-electron chi connectivity index (χ3n) is 6.21. The van der Waals surface area contributed by atoms with Gasteiger partial charge in [-0.15, -0.1) is 0 Å². The number of nitrogens with two attached hydrogens (primary N) is 1. The third-order valence-corrected chi connectivity index (χ3v) is 7.87. The standard InChI is InChI=1S/C22H27N4P/c23-21-20-19(25-22(16-5-4-6-16)26(20)14-13-24-21)15-9-11-18(12-10-15)27-17-7-2-1-3-8-17/h9-14,16-17,27H,1-8H2,(H2,23,24). The Bertz CT molecular complexity index is 937. The Hall–Kier alpha value is -1.93. The van der Waals surface area contributed by atoms with Crippen molar-refractivity contribution < 1.29 is 0 Å². The molecule has 0 radical (unpaired) electrons. The second-order valence-electron chi connectivity index (χ2n) is 8.03. The van der Waals surface area contributed by atoms with Gasteiger partial charge in [-0.1, -0.05) is 58.5 Å². The summed E-state index contributed by atoms with van der Waals surface area (Å²) < 4.78 is 2.17. The Balaban J connectivity index is 1.48. The minimum Gasteiger partial charge on any atom is -0.382 e. The highest BCUT2D eigenvalue weighted by Crippen LogP contribution is 2.39. The molecule has 2 heterocycles. The highest BCUT2D eigenvalue weighted by atomic mass is 31.1. The lowest BCUT2D eigenvalue weighted by atomic mass is 9.85. The van der Waals surface area contributed by atoms with E-state index in [0.717, 1.165) is 36.8 Å². The van der Waals surface area contributed by atoms with Gasteiger partial charge in [0.05, 0.1) is 0 Å². The fourth-order valence-corrected chi connectivity index (χ4v) is 5.98. The van der Waals surface area contributed by atoms with E-state index in [1.165, 1.54) is 56.7 Å². The lowest BCUT2D eigenvalue weighted by molar-refractivity contribution is 0.400. The van der Waals surface area contributed by atoms with E-state index in [9.17, 15) is 0 Å². The van der Waals surface area contributed by atoms with Gasteiger partial charge in [0, 0.05) is 23.9 Å². The highest BCUT2D eigenvalue weighted by Gasteiger charge is 2.26. The van der Waals surface area contributed by atoms with Crippen LogP contribution in [0.2, 0.25) is 0 Å². The van der Waals surface area contributed by atoms with Crippen LogP contribution in [0.1, 0.15) is 63.1 Å². The van der Waals surface area contributed by atoms with Crippen molar-refractivity contribution in [2.45, 2.75) is 62.9 Å². The molecule has 0 amide bonds. The van der Waals surface area contributed by atoms with Crippen LogP contribution in [-0.4, -0.2) is 20.0 Å². The normalized spacial score (nSPS) is 19.1. The number of hydrogen-bond acceptors (Lipinski definition) is 3. The van der Waals surface area contributed by atoms with E-state index in [1.807, 2.05) is 6.20 Å². The highest BCUT2D eigenvalue weighted by molar-refractivity contribution is 7.48. The largest absolute Gasteiger partial charge is 0.382 e. The number of benzene rings is 1. The van der Waals surface area contributed by atoms with E-state index < -0.39 is 0 Å². The second kappa shape index (κ2) is 7.24. The number of hydrogen-bond donors (Lipinski definition) is 1. The monoisotopic (exact) mass is 378 g/mol. The Kier molecular flexibility index (Phi) is 4.61. The maximum atomic E-state index is 6.25. The van der Waals surface area contributed by atoms with Crippen LogP contribution in [0.25, 0.3) is 16.8 Å². The first-order valence-electron chi connectivity index (χ1n) is 10.3. The summed E-state index contributed by atoms with van der Waals surface area (Å²) in [6.07, 6.45) is 14.6. The van der Waals surface area contributed by atoms with Gasteiger partial charge in [0.1, 0.15) is 22.9 Å². The average Bonchev–Trinajstić information content (AvgIpc) is 3.03. The molecule has 2 aliphatic carbocycles. The summed E-state index contributed by atoms with van der Waals surface area (Å²) in [6.45, 7) is 0. The molecule has 4 nitrogen and oxygen atoms in total. The summed E-state index contributed by atoms with van der Waals surface area (Å²) in [5.74, 6) is 2.27. The van der Waals surface area contributed by atoms with Crippen LogP contribution in [0.5, 0.6) is 0 Å². The first kappa shape index (κ1) is 17.2. The fourth-order valence-electron chi connectivity index (χ4n) is 4.45. The Morgan fingerprint density at radius 1 is 0.963 bits per heavy atom. The summed E-state index contributed by atoms with van der Waals surface area (Å²) >= 11 is 0. The number of nitrogen functional groups attached to an aromatic ring is 1. The summed E-state index contributed by atoms with van der Waals surface area (Å²) in [6, 6.07) is 9.04. The quantitative estimate of drug-likeness (QED) is 0.658. The molecule has 1 atom stereocenters. The number of aromatic nitrogens is 3. The molecule has 2 saturated carbocycles. The van der Waals surface area contributed by atoms with Gasteiger partial charge in [-0.25, -0.2) is 9.97 Å². The number of rotatable bonds is 4. The topological polar surface area (TPSA) is 56.2 Å². The molecule has 2 N–H and O–H groups in total. The average molecular weight is 378 g/mol. The van der Waals surface area contributed by atoms with Crippen LogP contribution in [0.3, 0.4) is 0 Å². The molecule has 140 valence electrons. The lowest BCUT2D eigenvalue weighted by Gasteiger charge is -2.23. The summed E-state index contributed by atoms with van der Waals surface area (Å²) in [5.41, 5.74) is 10.2. The van der Waals surface area contributed by atoms with Gasteiger partial charge >= 0.3 is 0 Å². The van der Waals surface area contributed by atoms with Crippen molar-refractivity contribution in [1.29, 1.82) is 0 Å². The van der Waals surface area contributed by atoms with Gasteiger partial charge in [-0.2, -0.15) is 0 Å². The molecule has 27 heavy (non-hydrogen) atoms. The maximum absolute atomic E-state index is 6.25. The van der Waals surface area contributed by atoms with Crippen molar-refractivity contribution in [3.8, 4) is 11.3 Å². The summed E-state index contributed by atoms with van der Waals surface area (Å²) in [7, 11) is 0.934. The smallest absolute Gasteiger partial charge is 0.150 e. The predicted octanol–water partition coefficient (Wildman–Crippen LogP) is 4.88. The number of imidazole rings is 1. The first-order chi connectivity index (χ1) is 13.3. The van der Waals surface area contributed by atoms with Crippen molar-refractivity contribution in [3.05, 3.63) is 42.5 Å². The van der Waals surface area contributed by atoms with Gasteiger partial charge in [0.25, 0.3) is 0 Å². The van der Waals surface area contributed by atoms with E-state index in [0.29, 0.717) is 11.7 Å². The molecule has 0 aliphatic heterocycles. The molecule has 5 heteroatoms. The van der Waals surface area contributed by atoms with Crippen molar-refractivity contribution in [3.63, 3.8) is 0 Å². The van der Waals surface area contributed by atoms with E-state index in [-0.39, 0.29) is 0 Å². The number of nitrogens with zero attached hydrogens (tertiary/aromatic N) is 3. The molecule has 5 rings (SSSR count). The van der Waals surface area contributed by atoms with Crippen LogP contribution < -0.4 is 11.0 Å². The number of fused-ring (bicyclic) bond motifs is 1. The molecule has 2 aromatic heterocycles. The molecule has 0 saturated heterocycles. The first-order valence-corrected chi connectivity index (χ1v) is 11.4. The van der Waals surface area contributed by atoms with Crippen LogP contribution in [0.4, 0.5) is 5.82 Å².